The van der Waals surface area contributed by atoms with Gasteiger partial charge < -0.3 is 10.2 Å². The van der Waals surface area contributed by atoms with Crippen molar-refractivity contribution >= 4 is 5.69 Å². The number of hydrogen-bond donors (Lipinski definition) is 1. The van der Waals surface area contributed by atoms with Gasteiger partial charge in [-0.15, -0.1) is 0 Å². The molecule has 0 aromatic heterocycles. The van der Waals surface area contributed by atoms with E-state index in [0.29, 0.717) is 23.9 Å². The third kappa shape index (κ3) is 4.95. The van der Waals surface area contributed by atoms with Gasteiger partial charge in [-0.25, -0.2) is 8.78 Å². The van der Waals surface area contributed by atoms with E-state index in [4.69, 9.17) is 0 Å². The van der Waals surface area contributed by atoms with E-state index < -0.39 is 11.6 Å². The van der Waals surface area contributed by atoms with Crippen LogP contribution in [0.3, 0.4) is 0 Å². The number of halogens is 2. The lowest BCUT2D eigenvalue weighted by molar-refractivity contribution is 0.484. The summed E-state index contributed by atoms with van der Waals surface area (Å²) in [4.78, 5) is 1.68. The van der Waals surface area contributed by atoms with Gasteiger partial charge in [0.2, 0.25) is 0 Å². The highest BCUT2D eigenvalue weighted by atomic mass is 19.1. The van der Waals surface area contributed by atoms with Crippen LogP contribution in [-0.2, 0) is 6.54 Å². The van der Waals surface area contributed by atoms with E-state index in [0.717, 1.165) is 6.54 Å². The Morgan fingerprint density at radius 1 is 1.05 bits per heavy atom. The van der Waals surface area contributed by atoms with Crippen molar-refractivity contribution in [3.05, 3.63) is 29.3 Å². The van der Waals surface area contributed by atoms with Crippen molar-refractivity contribution in [2.45, 2.75) is 47.2 Å². The standard InChI is InChI=1S/C17H28F2N2/c1-11(2)9-20-10-14-7-15(18)17(16(19)8-14)21(6)13(5)12(3)4/h7-8,11-13,20H,9-10H2,1-6H3. The van der Waals surface area contributed by atoms with Gasteiger partial charge in [-0.05, 0) is 43.0 Å². The second-order valence-corrected chi connectivity index (χ2v) is 6.53. The van der Waals surface area contributed by atoms with E-state index in [2.05, 4.69) is 19.2 Å². The molecule has 0 aliphatic carbocycles. The lowest BCUT2D eigenvalue weighted by Crippen LogP contribution is -2.34. The van der Waals surface area contributed by atoms with Crippen LogP contribution >= 0.6 is 0 Å². The Morgan fingerprint density at radius 3 is 2.00 bits per heavy atom. The van der Waals surface area contributed by atoms with Crippen molar-refractivity contribution in [1.82, 2.24) is 5.32 Å². The monoisotopic (exact) mass is 298 g/mol. The van der Waals surface area contributed by atoms with Crippen LogP contribution in [0.15, 0.2) is 12.1 Å². The summed E-state index contributed by atoms with van der Waals surface area (Å²) in [6.45, 7) is 11.6. The molecule has 1 unspecified atom stereocenters. The smallest absolute Gasteiger partial charge is 0.149 e. The van der Waals surface area contributed by atoms with Crippen LogP contribution in [0.4, 0.5) is 14.5 Å². The molecule has 0 saturated carbocycles. The van der Waals surface area contributed by atoms with Crippen LogP contribution in [-0.4, -0.2) is 19.6 Å². The van der Waals surface area contributed by atoms with Gasteiger partial charge in [0.15, 0.2) is 0 Å². The fourth-order valence-electron chi connectivity index (χ4n) is 2.21. The molecule has 0 aliphatic rings. The van der Waals surface area contributed by atoms with Gasteiger partial charge in [-0.1, -0.05) is 27.7 Å². The highest BCUT2D eigenvalue weighted by Crippen LogP contribution is 2.27. The molecule has 4 heteroatoms. The maximum Gasteiger partial charge on any atom is 0.149 e. The van der Waals surface area contributed by atoms with Crippen molar-refractivity contribution in [1.29, 1.82) is 0 Å². The molecule has 2 nitrogen and oxygen atoms in total. The minimum absolute atomic E-state index is 0.0591. The largest absolute Gasteiger partial charge is 0.367 e. The minimum atomic E-state index is -0.494. The third-order valence-electron chi connectivity index (χ3n) is 3.89. The predicted molar refractivity (Wildman–Crippen MR) is 85.6 cm³/mol. The Morgan fingerprint density at radius 2 is 1.57 bits per heavy atom. The normalized spacial score (nSPS) is 13.0. The molecule has 0 radical (unpaired) electrons. The molecule has 21 heavy (non-hydrogen) atoms. The number of rotatable bonds is 7. The topological polar surface area (TPSA) is 15.3 Å². The molecule has 0 heterocycles. The van der Waals surface area contributed by atoms with E-state index in [1.54, 1.807) is 11.9 Å². The first kappa shape index (κ1) is 17.9. The average Bonchev–Trinajstić information content (AvgIpc) is 2.36. The van der Waals surface area contributed by atoms with E-state index >= 15 is 0 Å². The second kappa shape index (κ2) is 7.74. The quantitative estimate of drug-likeness (QED) is 0.812. The first-order chi connectivity index (χ1) is 9.73. The van der Waals surface area contributed by atoms with Gasteiger partial charge >= 0.3 is 0 Å². The third-order valence-corrected chi connectivity index (χ3v) is 3.89. The Labute approximate surface area is 127 Å². The zero-order valence-electron chi connectivity index (χ0n) is 14.0. The maximum atomic E-state index is 14.3. The second-order valence-electron chi connectivity index (χ2n) is 6.53. The highest BCUT2D eigenvalue weighted by molar-refractivity contribution is 5.51. The summed E-state index contributed by atoms with van der Waals surface area (Å²) in [7, 11) is 1.74. The van der Waals surface area contributed by atoms with Crippen LogP contribution in [0.25, 0.3) is 0 Å². The molecule has 1 rings (SSSR count). The highest BCUT2D eigenvalue weighted by Gasteiger charge is 2.21. The van der Waals surface area contributed by atoms with Gasteiger partial charge in [0.25, 0.3) is 0 Å². The van der Waals surface area contributed by atoms with Crippen LogP contribution in [0.1, 0.15) is 40.2 Å². The Hall–Kier alpha value is -1.16. The van der Waals surface area contributed by atoms with E-state index in [9.17, 15) is 8.78 Å². The fourth-order valence-corrected chi connectivity index (χ4v) is 2.21. The molecule has 120 valence electrons. The van der Waals surface area contributed by atoms with Crippen molar-refractivity contribution < 1.29 is 8.78 Å². The Bertz CT molecular complexity index is 435. The Kier molecular flexibility index (Phi) is 6.59. The summed E-state index contributed by atoms with van der Waals surface area (Å²) in [5, 5.41) is 3.20. The summed E-state index contributed by atoms with van der Waals surface area (Å²) >= 11 is 0. The number of anilines is 1. The van der Waals surface area contributed by atoms with Crippen LogP contribution in [0.2, 0.25) is 0 Å². The van der Waals surface area contributed by atoms with Gasteiger partial charge in [-0.2, -0.15) is 0 Å². The minimum Gasteiger partial charge on any atom is -0.367 e. The molecule has 1 atom stereocenters. The number of hydrogen-bond acceptors (Lipinski definition) is 2. The van der Waals surface area contributed by atoms with Crippen LogP contribution in [0, 0.1) is 23.5 Å². The molecular formula is C17H28F2N2. The van der Waals surface area contributed by atoms with Crippen LogP contribution < -0.4 is 10.2 Å². The number of benzene rings is 1. The molecule has 1 N–H and O–H groups in total. The molecule has 1 aromatic rings. The first-order valence-electron chi connectivity index (χ1n) is 7.65. The molecule has 0 bridgehead atoms. The van der Waals surface area contributed by atoms with E-state index in [1.807, 2.05) is 20.8 Å². The zero-order valence-corrected chi connectivity index (χ0v) is 14.0. The van der Waals surface area contributed by atoms with Gasteiger partial charge in [0, 0.05) is 19.6 Å². The first-order valence-corrected chi connectivity index (χ1v) is 7.65. The van der Waals surface area contributed by atoms with Gasteiger partial charge in [-0.3, -0.25) is 0 Å². The zero-order chi connectivity index (χ0) is 16.2. The predicted octanol–water partition coefficient (Wildman–Crippen LogP) is 4.19. The van der Waals surface area contributed by atoms with Crippen molar-refractivity contribution in [3.8, 4) is 0 Å². The van der Waals surface area contributed by atoms with E-state index in [-0.39, 0.29) is 11.7 Å². The van der Waals surface area contributed by atoms with Gasteiger partial charge in [0.1, 0.15) is 17.3 Å². The summed E-state index contributed by atoms with van der Waals surface area (Å²) in [6.07, 6.45) is 0. The summed E-state index contributed by atoms with van der Waals surface area (Å²) in [5.41, 5.74) is 0.698. The van der Waals surface area contributed by atoms with Crippen molar-refractivity contribution in [2.75, 3.05) is 18.5 Å². The molecule has 0 saturated heterocycles. The molecular weight excluding hydrogens is 270 g/mol. The molecule has 0 aliphatic heterocycles. The lowest BCUT2D eigenvalue weighted by Gasteiger charge is -2.30. The molecule has 0 spiro atoms. The molecule has 0 fully saturated rings. The average molecular weight is 298 g/mol. The Balaban J connectivity index is 2.89. The summed E-state index contributed by atoms with van der Waals surface area (Å²) in [5.74, 6) is -0.157. The van der Waals surface area contributed by atoms with E-state index in [1.165, 1.54) is 12.1 Å². The SMILES string of the molecule is CC(C)CNCc1cc(F)c(N(C)C(C)C(C)C)c(F)c1. The van der Waals surface area contributed by atoms with Crippen LogP contribution in [0.5, 0.6) is 0 Å². The molecule has 1 aromatic carbocycles. The fraction of sp³-hybridized carbons (Fsp3) is 0.647. The van der Waals surface area contributed by atoms with Gasteiger partial charge in [0.05, 0.1) is 0 Å². The van der Waals surface area contributed by atoms with Crippen molar-refractivity contribution in [2.24, 2.45) is 11.8 Å². The number of nitrogens with zero attached hydrogens (tertiary/aromatic N) is 1. The lowest BCUT2D eigenvalue weighted by atomic mass is 10.0. The van der Waals surface area contributed by atoms with Crippen molar-refractivity contribution in [3.63, 3.8) is 0 Å². The molecule has 0 amide bonds. The maximum absolute atomic E-state index is 14.3. The summed E-state index contributed by atoms with van der Waals surface area (Å²) in [6, 6.07) is 2.92. The number of nitrogens with one attached hydrogen (secondary N) is 1. The summed E-state index contributed by atoms with van der Waals surface area (Å²) < 4.78 is 28.5.